The zero-order chi connectivity index (χ0) is 12.6. The van der Waals surface area contributed by atoms with E-state index in [1.54, 1.807) is 0 Å². The summed E-state index contributed by atoms with van der Waals surface area (Å²) in [5.41, 5.74) is 5.08. The van der Waals surface area contributed by atoms with Crippen molar-refractivity contribution in [2.24, 2.45) is 22.7 Å². The molecule has 1 amide bonds. The summed E-state index contributed by atoms with van der Waals surface area (Å²) < 4.78 is 0. The lowest BCUT2D eigenvalue weighted by Crippen LogP contribution is -2.38. The smallest absolute Gasteiger partial charge is 0.263 e. The summed E-state index contributed by atoms with van der Waals surface area (Å²) in [4.78, 5) is 16.8. The number of amides is 1. The van der Waals surface area contributed by atoms with Crippen LogP contribution in [0.2, 0.25) is 0 Å². The van der Waals surface area contributed by atoms with E-state index in [9.17, 15) is 4.79 Å². The largest absolute Gasteiger partial charge is 0.387 e. The molecule has 0 fully saturated rings. The van der Waals surface area contributed by atoms with Gasteiger partial charge in [0.05, 0.1) is 0 Å². The van der Waals surface area contributed by atoms with E-state index in [4.69, 9.17) is 10.6 Å². The highest BCUT2D eigenvalue weighted by Crippen LogP contribution is 2.09. The molecule has 0 spiro atoms. The van der Waals surface area contributed by atoms with Crippen molar-refractivity contribution in [3.8, 4) is 0 Å². The number of carbonyl (C=O) groups is 1. The molecule has 0 aromatic carbocycles. The maximum absolute atomic E-state index is 11.7. The molecule has 94 valence electrons. The normalized spacial score (nSPS) is 13.4. The predicted octanol–water partition coefficient (Wildman–Crippen LogP) is 1.09. The molecule has 5 nitrogen and oxygen atoms in total. The highest BCUT2D eigenvalue weighted by molar-refractivity contribution is 5.80. The van der Waals surface area contributed by atoms with Gasteiger partial charge < -0.3 is 15.9 Å². The van der Waals surface area contributed by atoms with E-state index in [1.807, 2.05) is 27.7 Å². The minimum atomic E-state index is -0.557. The van der Waals surface area contributed by atoms with Gasteiger partial charge in [0.25, 0.3) is 5.91 Å². The second kappa shape index (κ2) is 7.96. The fourth-order valence-corrected chi connectivity index (χ4v) is 1.15. The van der Waals surface area contributed by atoms with E-state index in [1.165, 1.54) is 0 Å². The minimum absolute atomic E-state index is 0.131. The Hall–Kier alpha value is -1.26. The fraction of sp³-hybridized carbons (Fsp3) is 0.818. The summed E-state index contributed by atoms with van der Waals surface area (Å²) in [6, 6.07) is 0. The molecule has 5 heteroatoms. The average molecular weight is 229 g/mol. The third-order valence-corrected chi connectivity index (χ3v) is 1.91. The number of nitrogens with two attached hydrogens (primary N) is 1. The van der Waals surface area contributed by atoms with Crippen LogP contribution in [0.15, 0.2) is 5.16 Å². The maximum atomic E-state index is 11.7. The molecule has 0 heterocycles. The lowest BCUT2D eigenvalue weighted by Gasteiger charge is -2.17. The summed E-state index contributed by atoms with van der Waals surface area (Å²) in [6.07, 6.45) is 1.11. The van der Waals surface area contributed by atoms with Crippen LogP contribution in [0.3, 0.4) is 0 Å². The highest BCUT2D eigenvalue weighted by atomic mass is 16.6. The van der Waals surface area contributed by atoms with Crippen molar-refractivity contribution in [2.45, 2.75) is 40.2 Å². The third kappa shape index (κ3) is 7.09. The van der Waals surface area contributed by atoms with Gasteiger partial charge in [-0.1, -0.05) is 32.9 Å². The van der Waals surface area contributed by atoms with Crippen molar-refractivity contribution >= 4 is 12.2 Å². The number of oxime groups is 1. The second-order valence-corrected chi connectivity index (χ2v) is 4.62. The van der Waals surface area contributed by atoms with Crippen LogP contribution in [-0.2, 0) is 9.63 Å². The Morgan fingerprint density at radius 2 is 2.00 bits per heavy atom. The summed E-state index contributed by atoms with van der Waals surface area (Å²) in [6.45, 7) is 8.77. The van der Waals surface area contributed by atoms with Crippen LogP contribution in [-0.4, -0.2) is 24.9 Å². The van der Waals surface area contributed by atoms with E-state index < -0.39 is 6.10 Å². The number of hydrogen-bond acceptors (Lipinski definition) is 3. The monoisotopic (exact) mass is 229 g/mol. The van der Waals surface area contributed by atoms with E-state index in [2.05, 4.69) is 10.5 Å². The minimum Gasteiger partial charge on any atom is -0.387 e. The van der Waals surface area contributed by atoms with Gasteiger partial charge in [0.2, 0.25) is 6.10 Å². The van der Waals surface area contributed by atoms with E-state index >= 15 is 0 Å². The fourth-order valence-electron chi connectivity index (χ4n) is 1.15. The molecule has 0 aliphatic carbocycles. The van der Waals surface area contributed by atoms with Gasteiger partial charge in [-0.15, -0.1) is 0 Å². The van der Waals surface area contributed by atoms with Crippen molar-refractivity contribution in [3.05, 3.63) is 0 Å². The van der Waals surface area contributed by atoms with Gasteiger partial charge in [-0.25, -0.2) is 0 Å². The molecule has 3 N–H and O–H groups in total. The van der Waals surface area contributed by atoms with Crippen LogP contribution >= 0.6 is 0 Å². The Labute approximate surface area is 97.4 Å². The molecule has 0 rings (SSSR count). The summed E-state index contributed by atoms with van der Waals surface area (Å²) in [5, 5.41) is 6.28. The quantitative estimate of drug-likeness (QED) is 0.390. The van der Waals surface area contributed by atoms with E-state index in [-0.39, 0.29) is 5.91 Å². The van der Waals surface area contributed by atoms with Crippen molar-refractivity contribution in [1.29, 1.82) is 0 Å². The van der Waals surface area contributed by atoms with Gasteiger partial charge in [-0.3, -0.25) is 4.79 Å². The molecule has 0 saturated carbocycles. The molecule has 1 atom stereocenters. The van der Waals surface area contributed by atoms with Crippen LogP contribution in [0.5, 0.6) is 0 Å². The molecule has 16 heavy (non-hydrogen) atoms. The predicted molar refractivity (Wildman–Crippen MR) is 64.9 cm³/mol. The molecule has 0 aromatic rings. The standard InChI is InChI=1S/C11H23N3O2/c1-8(2)5-10(16-14-7-12)11(15)13-6-9(3)4/h7-10H,5-6H2,1-4H3,(H2,12,14)(H,13,15)/t10-/m1/s1. The van der Waals surface area contributed by atoms with Gasteiger partial charge in [0.1, 0.15) is 6.34 Å². The van der Waals surface area contributed by atoms with Gasteiger partial charge in [-0.05, 0) is 18.3 Å². The van der Waals surface area contributed by atoms with Gasteiger partial charge in [0.15, 0.2) is 0 Å². The molecule has 0 aliphatic heterocycles. The lowest BCUT2D eigenvalue weighted by atomic mass is 10.1. The van der Waals surface area contributed by atoms with Crippen LogP contribution in [0.25, 0.3) is 0 Å². The number of nitrogens with zero attached hydrogens (tertiary/aromatic N) is 1. The van der Waals surface area contributed by atoms with E-state index in [0.29, 0.717) is 24.8 Å². The third-order valence-electron chi connectivity index (χ3n) is 1.91. The Kier molecular flexibility index (Phi) is 7.33. The molecule has 0 aliphatic rings. The van der Waals surface area contributed by atoms with Crippen LogP contribution in [0, 0.1) is 11.8 Å². The molecule has 0 saturated heterocycles. The molecule has 0 aromatic heterocycles. The summed E-state index contributed by atoms with van der Waals surface area (Å²) >= 11 is 0. The van der Waals surface area contributed by atoms with Crippen LogP contribution < -0.4 is 11.1 Å². The first-order valence-corrected chi connectivity index (χ1v) is 5.64. The Morgan fingerprint density at radius 1 is 1.38 bits per heavy atom. The molecular formula is C11H23N3O2. The maximum Gasteiger partial charge on any atom is 0.263 e. The number of rotatable bonds is 7. The van der Waals surface area contributed by atoms with E-state index in [0.717, 1.165) is 6.34 Å². The topological polar surface area (TPSA) is 76.7 Å². The first-order valence-electron chi connectivity index (χ1n) is 5.64. The highest BCUT2D eigenvalue weighted by Gasteiger charge is 2.21. The van der Waals surface area contributed by atoms with Crippen LogP contribution in [0.1, 0.15) is 34.1 Å². The second-order valence-electron chi connectivity index (χ2n) is 4.62. The molecule has 0 unspecified atom stereocenters. The van der Waals surface area contributed by atoms with Crippen molar-refractivity contribution in [2.75, 3.05) is 6.54 Å². The van der Waals surface area contributed by atoms with Gasteiger partial charge in [0, 0.05) is 6.54 Å². The van der Waals surface area contributed by atoms with Gasteiger partial charge >= 0.3 is 0 Å². The van der Waals surface area contributed by atoms with Crippen molar-refractivity contribution < 1.29 is 9.63 Å². The SMILES string of the molecule is CC(C)CNC(=O)[C@@H](CC(C)C)O/N=C/N. The average Bonchev–Trinajstić information content (AvgIpc) is 2.20. The number of nitrogens with one attached hydrogen (secondary N) is 1. The summed E-state index contributed by atoms with van der Waals surface area (Å²) in [7, 11) is 0. The van der Waals surface area contributed by atoms with Gasteiger partial charge in [-0.2, -0.15) is 0 Å². The lowest BCUT2D eigenvalue weighted by molar-refractivity contribution is -0.133. The van der Waals surface area contributed by atoms with Crippen molar-refractivity contribution in [1.82, 2.24) is 5.32 Å². The Balaban J connectivity index is 4.20. The zero-order valence-electron chi connectivity index (χ0n) is 10.6. The zero-order valence-corrected chi connectivity index (χ0v) is 10.6. The summed E-state index contributed by atoms with van der Waals surface area (Å²) in [5.74, 6) is 0.650. The Morgan fingerprint density at radius 3 is 2.44 bits per heavy atom. The first-order chi connectivity index (χ1) is 7.47. The Bertz CT molecular complexity index is 227. The van der Waals surface area contributed by atoms with Crippen molar-refractivity contribution in [3.63, 3.8) is 0 Å². The molecule has 0 radical (unpaired) electrons. The first kappa shape index (κ1) is 14.7. The number of hydrogen-bond donors (Lipinski definition) is 2. The number of carbonyl (C=O) groups excluding carboxylic acids is 1. The molecule has 0 bridgehead atoms. The molecular weight excluding hydrogens is 206 g/mol. The van der Waals surface area contributed by atoms with Crippen LogP contribution in [0.4, 0.5) is 0 Å².